The van der Waals surface area contributed by atoms with Crippen molar-refractivity contribution in [3.05, 3.63) is 53.5 Å². The maximum atomic E-state index is 13.5. The summed E-state index contributed by atoms with van der Waals surface area (Å²) in [6.07, 6.45) is 1.32. The van der Waals surface area contributed by atoms with Gasteiger partial charge in [-0.1, -0.05) is 0 Å². The molecule has 2 heterocycles. The lowest BCUT2D eigenvalue weighted by molar-refractivity contribution is 0.102. The van der Waals surface area contributed by atoms with Gasteiger partial charge < -0.3 is 5.32 Å². The minimum absolute atomic E-state index is 0.124. The van der Waals surface area contributed by atoms with Crippen molar-refractivity contribution in [2.75, 3.05) is 5.32 Å². The summed E-state index contributed by atoms with van der Waals surface area (Å²) in [4.78, 5) is 12.0. The van der Waals surface area contributed by atoms with Crippen LogP contribution in [-0.4, -0.2) is 25.9 Å². The molecule has 0 radical (unpaired) electrons. The zero-order chi connectivity index (χ0) is 15.0. The van der Waals surface area contributed by atoms with Crippen LogP contribution in [-0.2, 0) is 0 Å². The van der Waals surface area contributed by atoms with Crippen molar-refractivity contribution in [3.8, 4) is 0 Å². The SMILES string of the molecule is O=C(Nc1ccc(F)c(F)c1F)c1ccc2nnnn2c1. The van der Waals surface area contributed by atoms with E-state index < -0.39 is 29.0 Å². The molecule has 0 unspecified atom stereocenters. The summed E-state index contributed by atoms with van der Waals surface area (Å²) in [5, 5.41) is 12.8. The van der Waals surface area contributed by atoms with E-state index in [9.17, 15) is 18.0 Å². The second-order valence-corrected chi connectivity index (χ2v) is 4.08. The summed E-state index contributed by atoms with van der Waals surface area (Å²) in [6, 6.07) is 4.55. The number of anilines is 1. The molecule has 0 aliphatic carbocycles. The third-order valence-corrected chi connectivity index (χ3v) is 2.74. The zero-order valence-electron chi connectivity index (χ0n) is 10.2. The highest BCUT2D eigenvalue weighted by molar-refractivity contribution is 6.04. The van der Waals surface area contributed by atoms with Crippen LogP contribution >= 0.6 is 0 Å². The Hall–Kier alpha value is -2.97. The molecule has 1 N–H and O–H groups in total. The van der Waals surface area contributed by atoms with E-state index >= 15 is 0 Å². The van der Waals surface area contributed by atoms with Crippen LogP contribution in [0.1, 0.15) is 10.4 Å². The van der Waals surface area contributed by atoms with Crippen molar-refractivity contribution in [2.45, 2.75) is 0 Å². The molecule has 9 heteroatoms. The maximum absolute atomic E-state index is 13.5. The van der Waals surface area contributed by atoms with Gasteiger partial charge in [0.1, 0.15) is 0 Å². The summed E-state index contributed by atoms with van der Waals surface area (Å²) in [5.74, 6) is -5.16. The van der Waals surface area contributed by atoms with Gasteiger partial charge in [-0.15, -0.1) is 5.10 Å². The number of hydrogen-bond donors (Lipinski definition) is 1. The lowest BCUT2D eigenvalue weighted by atomic mass is 10.2. The number of pyridine rings is 1. The van der Waals surface area contributed by atoms with Crippen molar-refractivity contribution >= 4 is 17.2 Å². The molecule has 0 atom stereocenters. The Kier molecular flexibility index (Phi) is 3.01. The van der Waals surface area contributed by atoms with Gasteiger partial charge in [0.25, 0.3) is 5.91 Å². The van der Waals surface area contributed by atoms with Crippen LogP contribution < -0.4 is 5.32 Å². The van der Waals surface area contributed by atoms with Gasteiger partial charge >= 0.3 is 0 Å². The van der Waals surface area contributed by atoms with Gasteiger partial charge in [0.2, 0.25) is 0 Å². The minimum atomic E-state index is -1.65. The first-order valence-corrected chi connectivity index (χ1v) is 5.69. The third-order valence-electron chi connectivity index (χ3n) is 2.74. The first kappa shape index (κ1) is 13.0. The van der Waals surface area contributed by atoms with Crippen LogP contribution in [0, 0.1) is 17.5 Å². The molecule has 0 spiro atoms. The van der Waals surface area contributed by atoms with Crippen LogP contribution in [0.4, 0.5) is 18.9 Å². The molecule has 0 aliphatic rings. The fourth-order valence-corrected chi connectivity index (χ4v) is 1.69. The van der Waals surface area contributed by atoms with Gasteiger partial charge in [0, 0.05) is 6.20 Å². The number of tetrazole rings is 1. The van der Waals surface area contributed by atoms with E-state index in [2.05, 4.69) is 20.8 Å². The largest absolute Gasteiger partial charge is 0.319 e. The van der Waals surface area contributed by atoms with Crippen LogP contribution in [0.5, 0.6) is 0 Å². The lowest BCUT2D eigenvalue weighted by Crippen LogP contribution is -2.14. The molecule has 1 amide bonds. The van der Waals surface area contributed by atoms with Crippen LogP contribution in [0.25, 0.3) is 5.65 Å². The van der Waals surface area contributed by atoms with Crippen molar-refractivity contribution in [1.29, 1.82) is 0 Å². The van der Waals surface area contributed by atoms with Crippen LogP contribution in [0.2, 0.25) is 0 Å². The Labute approximate surface area is 115 Å². The quantitative estimate of drug-likeness (QED) is 0.731. The highest BCUT2D eigenvalue weighted by atomic mass is 19.2. The summed E-state index contributed by atoms with van der Waals surface area (Å²) in [6.45, 7) is 0. The smallest absolute Gasteiger partial charge is 0.257 e. The van der Waals surface area contributed by atoms with E-state index in [1.165, 1.54) is 22.8 Å². The minimum Gasteiger partial charge on any atom is -0.319 e. The van der Waals surface area contributed by atoms with Gasteiger partial charge in [-0.3, -0.25) is 4.79 Å². The van der Waals surface area contributed by atoms with Crippen LogP contribution in [0.15, 0.2) is 30.5 Å². The third kappa shape index (κ3) is 2.29. The van der Waals surface area contributed by atoms with Crippen LogP contribution in [0.3, 0.4) is 0 Å². The number of nitrogens with one attached hydrogen (secondary N) is 1. The molecular formula is C12H6F3N5O. The van der Waals surface area contributed by atoms with Crippen molar-refractivity contribution < 1.29 is 18.0 Å². The van der Waals surface area contributed by atoms with Crippen molar-refractivity contribution in [2.24, 2.45) is 0 Å². The summed E-state index contributed by atoms with van der Waals surface area (Å²) < 4.78 is 40.6. The molecule has 3 rings (SSSR count). The Morgan fingerprint density at radius 1 is 1.10 bits per heavy atom. The number of carbonyl (C=O) groups is 1. The Morgan fingerprint density at radius 3 is 2.71 bits per heavy atom. The highest BCUT2D eigenvalue weighted by Crippen LogP contribution is 2.20. The van der Waals surface area contributed by atoms with E-state index in [0.717, 1.165) is 12.1 Å². The molecular weight excluding hydrogens is 287 g/mol. The molecule has 21 heavy (non-hydrogen) atoms. The first-order valence-electron chi connectivity index (χ1n) is 5.69. The van der Waals surface area contributed by atoms with Gasteiger partial charge in [-0.05, 0) is 34.7 Å². The molecule has 0 fully saturated rings. The number of nitrogens with zero attached hydrogens (tertiary/aromatic N) is 4. The number of benzene rings is 1. The molecule has 0 bridgehead atoms. The second kappa shape index (κ2) is 4.85. The molecule has 6 nitrogen and oxygen atoms in total. The Bertz CT molecular complexity index is 848. The predicted octanol–water partition coefficient (Wildman–Crippen LogP) is 1.79. The van der Waals surface area contributed by atoms with Gasteiger partial charge in [0.05, 0.1) is 11.3 Å². The standard InChI is InChI=1S/C12H6F3N5O/c13-7-2-3-8(11(15)10(7)14)16-12(21)6-1-4-9-17-18-19-20(9)5-6/h1-5H,(H,16,21). The topological polar surface area (TPSA) is 72.2 Å². The number of hydrogen-bond acceptors (Lipinski definition) is 4. The summed E-state index contributed by atoms with van der Waals surface area (Å²) >= 11 is 0. The number of aromatic nitrogens is 4. The molecule has 106 valence electrons. The number of halogens is 3. The van der Waals surface area contributed by atoms with Crippen molar-refractivity contribution in [3.63, 3.8) is 0 Å². The average Bonchev–Trinajstić information content (AvgIpc) is 2.95. The molecule has 3 aromatic rings. The van der Waals surface area contributed by atoms with E-state index in [-0.39, 0.29) is 5.56 Å². The fourth-order valence-electron chi connectivity index (χ4n) is 1.69. The van der Waals surface area contributed by atoms with E-state index in [0.29, 0.717) is 5.65 Å². The van der Waals surface area contributed by atoms with Gasteiger partial charge in [0.15, 0.2) is 23.1 Å². The normalized spacial score (nSPS) is 10.8. The lowest BCUT2D eigenvalue weighted by Gasteiger charge is -2.07. The summed E-state index contributed by atoms with van der Waals surface area (Å²) in [5.41, 5.74) is 0.0835. The van der Waals surface area contributed by atoms with Gasteiger partial charge in [-0.2, -0.15) is 4.52 Å². The molecule has 2 aromatic heterocycles. The van der Waals surface area contributed by atoms with E-state index in [1.807, 2.05) is 0 Å². The highest BCUT2D eigenvalue weighted by Gasteiger charge is 2.16. The molecule has 0 saturated heterocycles. The number of fused-ring (bicyclic) bond motifs is 1. The van der Waals surface area contributed by atoms with E-state index in [4.69, 9.17) is 0 Å². The number of rotatable bonds is 2. The summed E-state index contributed by atoms with van der Waals surface area (Å²) in [7, 11) is 0. The molecule has 0 saturated carbocycles. The number of carbonyl (C=O) groups excluding carboxylic acids is 1. The Morgan fingerprint density at radius 2 is 1.90 bits per heavy atom. The van der Waals surface area contributed by atoms with Gasteiger partial charge in [-0.25, -0.2) is 13.2 Å². The molecule has 0 aliphatic heterocycles. The second-order valence-electron chi connectivity index (χ2n) is 4.08. The zero-order valence-corrected chi connectivity index (χ0v) is 10.2. The van der Waals surface area contributed by atoms with Crippen molar-refractivity contribution in [1.82, 2.24) is 20.0 Å². The number of amides is 1. The average molecular weight is 293 g/mol. The first-order chi connectivity index (χ1) is 10.1. The Balaban J connectivity index is 1.91. The van der Waals surface area contributed by atoms with E-state index in [1.54, 1.807) is 0 Å². The molecule has 1 aromatic carbocycles. The predicted molar refractivity (Wildman–Crippen MR) is 65.1 cm³/mol. The maximum Gasteiger partial charge on any atom is 0.257 e. The monoisotopic (exact) mass is 293 g/mol. The fraction of sp³-hybridized carbons (Fsp3) is 0.